The van der Waals surface area contributed by atoms with Crippen LogP contribution in [-0.4, -0.2) is 26.2 Å². The first kappa shape index (κ1) is 15.3. The molecule has 0 N–H and O–H groups in total. The summed E-state index contributed by atoms with van der Waals surface area (Å²) in [5.41, 5.74) is 1.87. The maximum Gasteiger partial charge on any atom is 0.277 e. The van der Waals surface area contributed by atoms with Gasteiger partial charge in [0.25, 0.3) is 11.1 Å². The Labute approximate surface area is 153 Å². The number of ether oxygens (including phenoxy) is 2. The molecule has 8 heteroatoms. The van der Waals surface area contributed by atoms with E-state index in [-0.39, 0.29) is 0 Å². The van der Waals surface area contributed by atoms with Gasteiger partial charge in [0.15, 0.2) is 11.5 Å². The van der Waals surface area contributed by atoms with Crippen LogP contribution in [0.3, 0.4) is 0 Å². The lowest BCUT2D eigenvalue weighted by Crippen LogP contribution is -2.21. The van der Waals surface area contributed by atoms with Crippen molar-refractivity contribution in [1.82, 2.24) is 19.6 Å². The van der Waals surface area contributed by atoms with Gasteiger partial charge in [-0.25, -0.2) is 4.98 Å². The van der Waals surface area contributed by atoms with Crippen LogP contribution in [0.25, 0.3) is 5.65 Å². The zero-order valence-electron chi connectivity index (χ0n) is 13.6. The van der Waals surface area contributed by atoms with Crippen LogP contribution in [-0.2, 0) is 5.75 Å². The number of nitrogens with zero attached hydrogens (tertiary/aromatic N) is 4. The van der Waals surface area contributed by atoms with Crippen LogP contribution in [0.4, 0.5) is 0 Å². The highest BCUT2D eigenvalue weighted by Crippen LogP contribution is 2.36. The van der Waals surface area contributed by atoms with E-state index in [0.717, 1.165) is 17.1 Å². The summed E-state index contributed by atoms with van der Waals surface area (Å²) in [6.45, 7) is 0.343. The highest BCUT2D eigenvalue weighted by molar-refractivity contribution is 7.98. The number of aromatic nitrogens is 4. The molecule has 1 aliphatic rings. The summed E-state index contributed by atoms with van der Waals surface area (Å²) >= 11 is 1.45. The second-order valence-corrected chi connectivity index (χ2v) is 6.68. The van der Waals surface area contributed by atoms with Gasteiger partial charge in [0, 0.05) is 18.1 Å². The van der Waals surface area contributed by atoms with Crippen molar-refractivity contribution in [3.05, 3.63) is 66.4 Å². The molecule has 0 bridgehead atoms. The zero-order chi connectivity index (χ0) is 17.3. The number of thioether (sulfide) groups is 1. The minimum atomic E-state index is -0.401. The maximum absolute atomic E-state index is 5.89. The number of hydrogen-bond acceptors (Lipinski definition) is 7. The molecule has 1 atom stereocenters. The number of imidazole rings is 1. The molecule has 0 radical (unpaired) electrons. The van der Waals surface area contributed by atoms with E-state index in [0.29, 0.717) is 29.2 Å². The van der Waals surface area contributed by atoms with Gasteiger partial charge in [0.05, 0.1) is 5.69 Å². The van der Waals surface area contributed by atoms with Crippen molar-refractivity contribution in [3.63, 3.8) is 0 Å². The van der Waals surface area contributed by atoms with E-state index in [1.165, 1.54) is 11.8 Å². The van der Waals surface area contributed by atoms with Crippen LogP contribution in [0.15, 0.2) is 64.5 Å². The van der Waals surface area contributed by atoms with Gasteiger partial charge in [-0.15, -0.1) is 10.2 Å². The van der Waals surface area contributed by atoms with Crippen molar-refractivity contribution in [2.24, 2.45) is 0 Å². The summed E-state index contributed by atoms with van der Waals surface area (Å²) in [7, 11) is 0. The minimum Gasteiger partial charge on any atom is -0.485 e. The van der Waals surface area contributed by atoms with Gasteiger partial charge in [-0.3, -0.25) is 0 Å². The van der Waals surface area contributed by atoms with Crippen LogP contribution < -0.4 is 9.47 Å². The van der Waals surface area contributed by atoms with Crippen LogP contribution in [0.5, 0.6) is 11.5 Å². The third kappa shape index (κ3) is 2.88. The zero-order valence-corrected chi connectivity index (χ0v) is 14.4. The Kier molecular flexibility index (Phi) is 3.75. The number of fused-ring (bicyclic) bond motifs is 2. The molecule has 0 unspecified atom stereocenters. The van der Waals surface area contributed by atoms with E-state index in [4.69, 9.17) is 13.9 Å². The number of pyridine rings is 1. The fraction of sp³-hybridized carbons (Fsp3) is 0.167. The van der Waals surface area contributed by atoms with Gasteiger partial charge in [-0.1, -0.05) is 30.0 Å². The first-order valence-corrected chi connectivity index (χ1v) is 9.11. The second kappa shape index (κ2) is 6.38. The van der Waals surface area contributed by atoms with Crippen molar-refractivity contribution < 1.29 is 13.9 Å². The molecule has 5 rings (SSSR count). The lowest BCUT2D eigenvalue weighted by atomic mass is 10.2. The quantitative estimate of drug-likeness (QED) is 0.512. The monoisotopic (exact) mass is 366 g/mol. The summed E-state index contributed by atoms with van der Waals surface area (Å²) < 4.78 is 19.3. The number of benzene rings is 1. The van der Waals surface area contributed by atoms with E-state index in [2.05, 4.69) is 15.2 Å². The molecule has 0 spiro atoms. The molecule has 0 aliphatic carbocycles. The molecule has 0 fully saturated rings. The Morgan fingerprint density at radius 1 is 1.08 bits per heavy atom. The standard InChI is InChI=1S/C18H14N4O3S/c1-2-6-14-13(5-1)23-10-15(24-14)17-20-21-18(25-17)26-11-12-9-22-8-4-3-7-16(22)19-12/h1-9,15H,10-11H2/t15-/m1/s1. The fourth-order valence-corrected chi connectivity index (χ4v) is 3.40. The molecule has 0 amide bonds. The Bertz CT molecular complexity index is 1030. The minimum absolute atomic E-state index is 0.343. The largest absolute Gasteiger partial charge is 0.485 e. The Morgan fingerprint density at radius 3 is 2.88 bits per heavy atom. The van der Waals surface area contributed by atoms with E-state index < -0.39 is 6.10 Å². The van der Waals surface area contributed by atoms with Crippen molar-refractivity contribution in [1.29, 1.82) is 0 Å². The summed E-state index contributed by atoms with van der Waals surface area (Å²) in [6.07, 6.45) is 3.57. The van der Waals surface area contributed by atoms with Gasteiger partial charge in [-0.05, 0) is 24.3 Å². The molecule has 0 saturated carbocycles. The van der Waals surface area contributed by atoms with E-state index in [9.17, 15) is 0 Å². The lowest BCUT2D eigenvalue weighted by molar-refractivity contribution is 0.0686. The number of para-hydroxylation sites is 2. The Morgan fingerprint density at radius 2 is 1.96 bits per heavy atom. The van der Waals surface area contributed by atoms with Gasteiger partial charge >= 0.3 is 0 Å². The Hall–Kier alpha value is -3.00. The SMILES string of the molecule is c1ccc2c(c1)OC[C@H](c1nnc(SCc3cn4ccccc4n3)o1)O2. The van der Waals surface area contributed by atoms with Crippen molar-refractivity contribution >= 4 is 17.4 Å². The molecule has 130 valence electrons. The van der Waals surface area contributed by atoms with Crippen molar-refractivity contribution in [3.8, 4) is 11.5 Å². The van der Waals surface area contributed by atoms with E-state index in [1.54, 1.807) is 0 Å². The summed E-state index contributed by atoms with van der Waals surface area (Å²) in [5.74, 6) is 2.47. The lowest BCUT2D eigenvalue weighted by Gasteiger charge is -2.23. The second-order valence-electron chi connectivity index (χ2n) is 5.76. The normalized spacial score (nSPS) is 16.1. The molecular weight excluding hydrogens is 352 g/mol. The van der Waals surface area contributed by atoms with Crippen LogP contribution >= 0.6 is 11.8 Å². The van der Waals surface area contributed by atoms with E-state index in [1.807, 2.05) is 59.3 Å². The van der Waals surface area contributed by atoms with Crippen LogP contribution in [0, 0.1) is 0 Å². The highest BCUT2D eigenvalue weighted by atomic mass is 32.2. The molecular formula is C18H14N4O3S. The molecule has 0 saturated heterocycles. The number of rotatable bonds is 4. The van der Waals surface area contributed by atoms with Crippen LogP contribution in [0.1, 0.15) is 17.7 Å². The Balaban J connectivity index is 1.27. The topological polar surface area (TPSA) is 74.7 Å². The van der Waals surface area contributed by atoms with Crippen molar-refractivity contribution in [2.45, 2.75) is 17.1 Å². The molecule has 4 aromatic rings. The molecule has 3 aromatic heterocycles. The maximum atomic E-state index is 5.89. The van der Waals surface area contributed by atoms with Gasteiger partial charge in [0.1, 0.15) is 12.3 Å². The molecule has 1 aliphatic heterocycles. The summed E-state index contributed by atoms with van der Waals surface area (Å²) in [5, 5.41) is 8.68. The average Bonchev–Trinajstić information content (AvgIpc) is 3.32. The summed E-state index contributed by atoms with van der Waals surface area (Å²) in [6, 6.07) is 13.4. The molecule has 26 heavy (non-hydrogen) atoms. The van der Waals surface area contributed by atoms with Crippen molar-refractivity contribution in [2.75, 3.05) is 6.61 Å². The van der Waals surface area contributed by atoms with Gasteiger partial charge in [-0.2, -0.15) is 0 Å². The smallest absolute Gasteiger partial charge is 0.277 e. The molecule has 4 heterocycles. The first-order valence-electron chi connectivity index (χ1n) is 8.12. The van der Waals surface area contributed by atoms with Crippen LogP contribution in [0.2, 0.25) is 0 Å². The molecule has 1 aromatic carbocycles. The molecule has 7 nitrogen and oxygen atoms in total. The summed E-state index contributed by atoms with van der Waals surface area (Å²) in [4.78, 5) is 4.56. The first-order chi connectivity index (χ1) is 12.8. The highest BCUT2D eigenvalue weighted by Gasteiger charge is 2.27. The average molecular weight is 366 g/mol. The van der Waals surface area contributed by atoms with Gasteiger partial charge in [0.2, 0.25) is 6.10 Å². The predicted octanol–water partition coefficient (Wildman–Crippen LogP) is 3.52. The fourth-order valence-electron chi connectivity index (χ4n) is 2.74. The number of hydrogen-bond donors (Lipinski definition) is 0. The van der Waals surface area contributed by atoms with Gasteiger partial charge < -0.3 is 18.3 Å². The predicted molar refractivity (Wildman–Crippen MR) is 94.4 cm³/mol. The third-order valence-corrected chi connectivity index (χ3v) is 4.82. The van der Waals surface area contributed by atoms with E-state index >= 15 is 0 Å². The third-order valence-electron chi connectivity index (χ3n) is 3.96.